The number of hydrogen-bond donors (Lipinski definition) is 1. The molecule has 1 N–H and O–H groups in total. The fourth-order valence-corrected chi connectivity index (χ4v) is 1.78. The number of ether oxygens (including phenoxy) is 1. The molecule has 2 rings (SSSR count). The third-order valence-corrected chi connectivity index (χ3v) is 2.74. The quantitative estimate of drug-likeness (QED) is 0.815. The molecule has 106 valence electrons. The largest absolute Gasteiger partial charge is 0.494 e. The first-order valence-electron chi connectivity index (χ1n) is 6.37. The summed E-state index contributed by atoms with van der Waals surface area (Å²) >= 11 is 0. The van der Waals surface area contributed by atoms with Crippen molar-refractivity contribution in [3.63, 3.8) is 0 Å². The number of carboxylic acid groups (broad SMARTS) is 1. The Bertz CT molecular complexity index is 565. The number of tetrazole rings is 1. The van der Waals surface area contributed by atoms with Crippen molar-refractivity contribution in [1.29, 1.82) is 0 Å². The molecule has 0 aliphatic carbocycles. The first-order chi connectivity index (χ1) is 9.69. The summed E-state index contributed by atoms with van der Waals surface area (Å²) in [4.78, 5) is 10.6. The van der Waals surface area contributed by atoms with E-state index in [0.717, 1.165) is 11.3 Å². The van der Waals surface area contributed by atoms with Gasteiger partial charge in [-0.25, -0.2) is 4.68 Å². The summed E-state index contributed by atoms with van der Waals surface area (Å²) in [7, 11) is 0. The van der Waals surface area contributed by atoms with Gasteiger partial charge in [-0.1, -0.05) is 12.1 Å². The van der Waals surface area contributed by atoms with Gasteiger partial charge < -0.3 is 9.84 Å². The van der Waals surface area contributed by atoms with Crippen LogP contribution in [0.2, 0.25) is 0 Å². The van der Waals surface area contributed by atoms with Crippen LogP contribution in [0.3, 0.4) is 0 Å². The van der Waals surface area contributed by atoms with Crippen LogP contribution in [0.5, 0.6) is 5.75 Å². The monoisotopic (exact) mass is 276 g/mol. The Morgan fingerprint density at radius 3 is 2.75 bits per heavy atom. The summed E-state index contributed by atoms with van der Waals surface area (Å²) in [5, 5.41) is 20.0. The molecular weight excluding hydrogens is 260 g/mol. The van der Waals surface area contributed by atoms with Crippen LogP contribution in [0.1, 0.15) is 24.7 Å². The van der Waals surface area contributed by atoms with E-state index in [-0.39, 0.29) is 13.0 Å². The molecule has 1 aromatic heterocycles. The second-order valence-electron chi connectivity index (χ2n) is 4.22. The summed E-state index contributed by atoms with van der Waals surface area (Å²) in [5.41, 5.74) is 1.04. The average molecular weight is 276 g/mol. The molecule has 0 aliphatic heterocycles. The van der Waals surface area contributed by atoms with Gasteiger partial charge in [-0.3, -0.25) is 4.79 Å². The Kier molecular flexibility index (Phi) is 4.65. The van der Waals surface area contributed by atoms with E-state index in [1.165, 1.54) is 4.68 Å². The molecule has 0 saturated heterocycles. The lowest BCUT2D eigenvalue weighted by Crippen LogP contribution is -2.10. The molecule has 7 nitrogen and oxygen atoms in total. The van der Waals surface area contributed by atoms with E-state index in [1.807, 2.05) is 31.2 Å². The van der Waals surface area contributed by atoms with Crippen LogP contribution < -0.4 is 4.74 Å². The zero-order valence-corrected chi connectivity index (χ0v) is 11.2. The van der Waals surface area contributed by atoms with Crippen LogP contribution in [0.25, 0.3) is 0 Å². The van der Waals surface area contributed by atoms with Gasteiger partial charge in [-0.2, -0.15) is 0 Å². The number of aliphatic carboxylic acids is 1. The van der Waals surface area contributed by atoms with Gasteiger partial charge in [0.1, 0.15) is 5.75 Å². The van der Waals surface area contributed by atoms with Crippen LogP contribution in [-0.2, 0) is 17.8 Å². The van der Waals surface area contributed by atoms with E-state index in [9.17, 15) is 4.79 Å². The number of benzene rings is 1. The molecule has 0 amide bonds. The highest BCUT2D eigenvalue weighted by Crippen LogP contribution is 2.14. The summed E-state index contributed by atoms with van der Waals surface area (Å²) in [6.07, 6.45) is 0.556. The molecule has 0 unspecified atom stereocenters. The number of hydrogen-bond acceptors (Lipinski definition) is 5. The van der Waals surface area contributed by atoms with Gasteiger partial charge in [0.15, 0.2) is 5.82 Å². The lowest BCUT2D eigenvalue weighted by molar-refractivity contribution is -0.137. The molecule has 7 heteroatoms. The van der Waals surface area contributed by atoms with Gasteiger partial charge in [0.25, 0.3) is 0 Å². The number of aryl methyl sites for hydroxylation is 1. The predicted octanol–water partition coefficient (Wildman–Crippen LogP) is 1.14. The van der Waals surface area contributed by atoms with Gasteiger partial charge in [0, 0.05) is 6.42 Å². The van der Waals surface area contributed by atoms with Crippen LogP contribution >= 0.6 is 0 Å². The third-order valence-electron chi connectivity index (χ3n) is 2.74. The maximum Gasteiger partial charge on any atom is 0.305 e. The topological polar surface area (TPSA) is 90.1 Å². The van der Waals surface area contributed by atoms with Crippen LogP contribution in [0.4, 0.5) is 0 Å². The molecule has 2 aromatic rings. The van der Waals surface area contributed by atoms with E-state index in [2.05, 4.69) is 15.5 Å². The molecule has 20 heavy (non-hydrogen) atoms. The lowest BCUT2D eigenvalue weighted by Gasteiger charge is -2.05. The van der Waals surface area contributed by atoms with Gasteiger partial charge >= 0.3 is 5.97 Å². The van der Waals surface area contributed by atoms with E-state index >= 15 is 0 Å². The molecule has 0 saturated carbocycles. The smallest absolute Gasteiger partial charge is 0.305 e. The van der Waals surface area contributed by atoms with E-state index < -0.39 is 5.97 Å². The van der Waals surface area contributed by atoms with Crippen LogP contribution in [0.15, 0.2) is 24.3 Å². The molecule has 0 bridgehead atoms. The second kappa shape index (κ2) is 6.65. The summed E-state index contributed by atoms with van der Waals surface area (Å²) in [6, 6.07) is 7.68. The third kappa shape index (κ3) is 3.78. The zero-order valence-electron chi connectivity index (χ0n) is 11.2. The SMILES string of the molecule is CCOc1ccc(Cc2nnnn2CCC(=O)O)cc1. The maximum absolute atomic E-state index is 10.6. The Balaban J connectivity index is 2.02. The minimum Gasteiger partial charge on any atom is -0.494 e. The first-order valence-corrected chi connectivity index (χ1v) is 6.37. The molecule has 0 fully saturated rings. The predicted molar refractivity (Wildman–Crippen MR) is 70.5 cm³/mol. The molecule has 0 aliphatic rings. The molecule has 0 atom stereocenters. The average Bonchev–Trinajstić information content (AvgIpc) is 2.86. The lowest BCUT2D eigenvalue weighted by atomic mass is 10.1. The van der Waals surface area contributed by atoms with Crippen molar-refractivity contribution in [2.24, 2.45) is 0 Å². The summed E-state index contributed by atoms with van der Waals surface area (Å²) in [6.45, 7) is 2.84. The molecular formula is C13H16N4O3. The van der Waals surface area contributed by atoms with Gasteiger partial charge in [0.05, 0.1) is 19.6 Å². The Hall–Kier alpha value is -2.44. The molecule has 0 spiro atoms. The van der Waals surface area contributed by atoms with Gasteiger partial charge in [-0.05, 0) is 35.0 Å². The number of carboxylic acids is 1. The van der Waals surface area contributed by atoms with E-state index in [1.54, 1.807) is 0 Å². The van der Waals surface area contributed by atoms with E-state index in [4.69, 9.17) is 9.84 Å². The molecule has 0 radical (unpaired) electrons. The van der Waals surface area contributed by atoms with Crippen molar-refractivity contribution in [3.8, 4) is 5.75 Å². The number of carbonyl (C=O) groups is 1. The second-order valence-corrected chi connectivity index (χ2v) is 4.22. The minimum atomic E-state index is -0.868. The fraction of sp³-hybridized carbons (Fsp3) is 0.385. The standard InChI is InChI=1S/C13H16N4O3/c1-2-20-11-5-3-10(4-6-11)9-12-14-15-16-17(12)8-7-13(18)19/h3-6H,2,7-9H2,1H3,(H,18,19). The fourth-order valence-electron chi connectivity index (χ4n) is 1.78. The Morgan fingerprint density at radius 1 is 1.35 bits per heavy atom. The van der Waals surface area contributed by atoms with Crippen molar-refractivity contribution in [2.45, 2.75) is 26.3 Å². The highest BCUT2D eigenvalue weighted by Gasteiger charge is 2.08. The van der Waals surface area contributed by atoms with E-state index in [0.29, 0.717) is 18.9 Å². The number of nitrogens with zero attached hydrogens (tertiary/aromatic N) is 4. The minimum absolute atomic E-state index is 0.00131. The van der Waals surface area contributed by atoms with Crippen molar-refractivity contribution < 1.29 is 14.6 Å². The normalized spacial score (nSPS) is 10.4. The van der Waals surface area contributed by atoms with Crippen molar-refractivity contribution in [1.82, 2.24) is 20.2 Å². The number of aromatic nitrogens is 4. The summed E-state index contributed by atoms with van der Waals surface area (Å²) in [5.74, 6) is 0.602. The van der Waals surface area contributed by atoms with Gasteiger partial charge in [-0.15, -0.1) is 5.10 Å². The van der Waals surface area contributed by atoms with Crippen molar-refractivity contribution in [2.75, 3.05) is 6.61 Å². The summed E-state index contributed by atoms with van der Waals surface area (Å²) < 4.78 is 6.89. The van der Waals surface area contributed by atoms with Gasteiger partial charge in [0.2, 0.25) is 0 Å². The maximum atomic E-state index is 10.6. The molecule has 1 heterocycles. The highest BCUT2D eigenvalue weighted by atomic mass is 16.5. The highest BCUT2D eigenvalue weighted by molar-refractivity contribution is 5.66. The van der Waals surface area contributed by atoms with Crippen molar-refractivity contribution in [3.05, 3.63) is 35.7 Å². The van der Waals surface area contributed by atoms with Crippen LogP contribution in [0, 0.1) is 0 Å². The number of rotatable bonds is 7. The van der Waals surface area contributed by atoms with Crippen LogP contribution in [-0.4, -0.2) is 37.9 Å². The Labute approximate surface area is 116 Å². The zero-order chi connectivity index (χ0) is 14.4. The van der Waals surface area contributed by atoms with Crippen molar-refractivity contribution >= 4 is 5.97 Å². The molecule has 1 aromatic carbocycles. The Morgan fingerprint density at radius 2 is 2.10 bits per heavy atom. The first kappa shape index (κ1) is 14.0.